The van der Waals surface area contributed by atoms with Crippen molar-refractivity contribution in [1.82, 2.24) is 15.1 Å². The number of rotatable bonds is 10. The van der Waals surface area contributed by atoms with E-state index < -0.39 is 0 Å². The summed E-state index contributed by atoms with van der Waals surface area (Å²) in [4.78, 5) is 2.50. The summed E-state index contributed by atoms with van der Waals surface area (Å²) < 4.78 is 5.25. The van der Waals surface area contributed by atoms with Gasteiger partial charge in [0.15, 0.2) is 5.82 Å². The molecule has 0 amide bonds. The number of aromatic hydroxyl groups is 1. The highest BCUT2D eigenvalue weighted by molar-refractivity contribution is 5.94. The largest absolute Gasteiger partial charge is 0.508 e. The normalized spacial score (nSPS) is 14.8. The second kappa shape index (κ2) is 11.8. The van der Waals surface area contributed by atoms with Crippen molar-refractivity contribution < 1.29 is 9.84 Å². The highest BCUT2D eigenvalue weighted by atomic mass is 16.5. The van der Waals surface area contributed by atoms with Crippen LogP contribution in [0.1, 0.15) is 48.9 Å². The van der Waals surface area contributed by atoms with Crippen molar-refractivity contribution in [2.45, 2.75) is 57.7 Å². The summed E-state index contributed by atoms with van der Waals surface area (Å²) in [5, 5.41) is 32.8. The lowest BCUT2D eigenvalue weighted by Gasteiger charge is -2.32. The fraction of sp³-hybridized carbons (Fsp3) is 0.444. The number of ether oxygens (including phenoxy) is 1. The maximum absolute atomic E-state index is 10.0. The van der Waals surface area contributed by atoms with Gasteiger partial charge >= 0.3 is 0 Å². The Morgan fingerprint density at radius 2 is 1.82 bits per heavy atom. The summed E-state index contributed by atoms with van der Waals surface area (Å²) in [6.45, 7) is 3.39. The predicted octanol–water partition coefficient (Wildman–Crippen LogP) is 4.79. The molecule has 2 heterocycles. The Morgan fingerprint density at radius 1 is 1.06 bits per heavy atom. The standard InChI is InChI=1S/C27H33N5O2/c1-34-19-26-24-11-10-23(33)17-25(24)27(31-30-26)29-22-12-15-32(16-13-22)18-21-8-6-20(7-9-21)5-3-2-4-14-28/h6-11,17,22,33H,2-5,12-13,15-16,18-19H2,1H3,(H,29,31). The molecule has 3 aromatic rings. The van der Waals surface area contributed by atoms with Crippen molar-refractivity contribution in [3.05, 3.63) is 59.3 Å². The molecule has 34 heavy (non-hydrogen) atoms. The molecule has 178 valence electrons. The third-order valence-corrected chi connectivity index (χ3v) is 6.48. The second-order valence-electron chi connectivity index (χ2n) is 9.03. The van der Waals surface area contributed by atoms with Crippen LogP contribution in [0.5, 0.6) is 5.75 Å². The zero-order valence-corrected chi connectivity index (χ0v) is 19.8. The average molecular weight is 460 g/mol. The maximum atomic E-state index is 10.0. The molecule has 0 atom stereocenters. The number of fused-ring (bicyclic) bond motifs is 1. The molecule has 0 bridgehead atoms. The van der Waals surface area contributed by atoms with E-state index >= 15 is 0 Å². The third kappa shape index (κ3) is 6.22. The molecule has 1 fully saturated rings. The monoisotopic (exact) mass is 459 g/mol. The van der Waals surface area contributed by atoms with Crippen molar-refractivity contribution in [1.29, 1.82) is 5.26 Å². The van der Waals surface area contributed by atoms with Crippen LogP contribution in [0.2, 0.25) is 0 Å². The van der Waals surface area contributed by atoms with Crippen LogP contribution in [0.15, 0.2) is 42.5 Å². The van der Waals surface area contributed by atoms with Crippen LogP contribution in [0.4, 0.5) is 5.82 Å². The molecule has 0 unspecified atom stereocenters. The summed E-state index contributed by atoms with van der Waals surface area (Å²) in [5.74, 6) is 0.935. The van der Waals surface area contributed by atoms with Crippen molar-refractivity contribution in [2.24, 2.45) is 0 Å². The molecule has 0 radical (unpaired) electrons. The first-order valence-electron chi connectivity index (χ1n) is 12.1. The number of anilines is 1. The number of likely N-dealkylation sites (tertiary alicyclic amines) is 1. The lowest BCUT2D eigenvalue weighted by atomic mass is 10.0. The second-order valence-corrected chi connectivity index (χ2v) is 9.03. The van der Waals surface area contributed by atoms with E-state index in [2.05, 4.69) is 50.7 Å². The number of phenolic OH excluding ortho intramolecular Hbond substituents is 1. The molecule has 2 aromatic carbocycles. The van der Waals surface area contributed by atoms with Gasteiger partial charge in [-0.05, 0) is 61.4 Å². The Bertz CT molecular complexity index is 1120. The highest BCUT2D eigenvalue weighted by Crippen LogP contribution is 2.29. The zero-order valence-electron chi connectivity index (χ0n) is 19.8. The van der Waals surface area contributed by atoms with Gasteiger partial charge < -0.3 is 15.2 Å². The molecule has 1 aromatic heterocycles. The Balaban J connectivity index is 1.31. The van der Waals surface area contributed by atoms with Crippen LogP contribution in [0, 0.1) is 11.3 Å². The van der Waals surface area contributed by atoms with Gasteiger partial charge in [-0.1, -0.05) is 24.3 Å². The van der Waals surface area contributed by atoms with Gasteiger partial charge in [-0.25, -0.2) is 0 Å². The number of nitriles is 1. The van der Waals surface area contributed by atoms with Crippen LogP contribution in [-0.2, 0) is 24.3 Å². The molecule has 7 heteroatoms. The number of aromatic nitrogens is 2. The van der Waals surface area contributed by atoms with Gasteiger partial charge in [0.25, 0.3) is 0 Å². The number of hydrogen-bond acceptors (Lipinski definition) is 7. The number of benzene rings is 2. The van der Waals surface area contributed by atoms with E-state index in [1.165, 1.54) is 11.1 Å². The summed E-state index contributed by atoms with van der Waals surface area (Å²) >= 11 is 0. The minimum atomic E-state index is 0.218. The zero-order chi connectivity index (χ0) is 23.8. The summed E-state index contributed by atoms with van der Waals surface area (Å²) in [5.41, 5.74) is 3.46. The van der Waals surface area contributed by atoms with E-state index in [-0.39, 0.29) is 5.75 Å². The Kier molecular flexibility index (Phi) is 8.29. The van der Waals surface area contributed by atoms with Crippen LogP contribution in [-0.4, -0.2) is 46.4 Å². The van der Waals surface area contributed by atoms with Gasteiger partial charge in [-0.3, -0.25) is 4.90 Å². The number of piperidine rings is 1. The number of phenols is 1. The molecule has 2 N–H and O–H groups in total. The molecule has 0 aliphatic carbocycles. The van der Waals surface area contributed by atoms with Crippen molar-refractivity contribution in [2.75, 3.05) is 25.5 Å². The maximum Gasteiger partial charge on any atom is 0.156 e. The van der Waals surface area contributed by atoms with Gasteiger partial charge in [0, 0.05) is 50.0 Å². The first-order valence-corrected chi connectivity index (χ1v) is 12.1. The van der Waals surface area contributed by atoms with E-state index in [0.29, 0.717) is 19.1 Å². The fourth-order valence-corrected chi connectivity index (χ4v) is 4.58. The topological polar surface area (TPSA) is 94.3 Å². The fourth-order valence-electron chi connectivity index (χ4n) is 4.58. The molecule has 1 aliphatic heterocycles. The van der Waals surface area contributed by atoms with Crippen LogP contribution in [0.25, 0.3) is 10.8 Å². The smallest absolute Gasteiger partial charge is 0.156 e. The van der Waals surface area contributed by atoms with E-state index in [1.807, 2.05) is 6.07 Å². The molecule has 1 aliphatic rings. The number of hydrogen-bond donors (Lipinski definition) is 2. The van der Waals surface area contributed by atoms with Gasteiger partial charge in [0.1, 0.15) is 5.75 Å². The first kappa shape index (κ1) is 23.9. The van der Waals surface area contributed by atoms with Crippen molar-refractivity contribution in [3.8, 4) is 11.8 Å². The lowest BCUT2D eigenvalue weighted by molar-refractivity contribution is 0.182. The number of nitrogens with one attached hydrogen (secondary N) is 1. The van der Waals surface area contributed by atoms with Crippen molar-refractivity contribution >= 4 is 16.6 Å². The molecular weight excluding hydrogens is 426 g/mol. The van der Waals surface area contributed by atoms with Gasteiger partial charge in [0.2, 0.25) is 0 Å². The van der Waals surface area contributed by atoms with Crippen LogP contribution >= 0.6 is 0 Å². The first-order chi connectivity index (χ1) is 16.7. The van der Waals surface area contributed by atoms with Gasteiger partial charge in [-0.2, -0.15) is 10.4 Å². The lowest BCUT2D eigenvalue weighted by Crippen LogP contribution is -2.38. The highest BCUT2D eigenvalue weighted by Gasteiger charge is 2.21. The minimum absolute atomic E-state index is 0.218. The SMILES string of the molecule is COCc1nnc(NC2CCN(Cc3ccc(CCCCC#N)cc3)CC2)c2cc(O)ccc12. The number of unbranched alkanes of at least 4 members (excludes halogenated alkanes) is 2. The van der Waals surface area contributed by atoms with E-state index in [9.17, 15) is 5.11 Å². The average Bonchev–Trinajstić information content (AvgIpc) is 2.85. The van der Waals surface area contributed by atoms with Crippen LogP contribution in [0.3, 0.4) is 0 Å². The molecule has 0 spiro atoms. The molecule has 4 rings (SSSR count). The number of aryl methyl sites for hydroxylation is 1. The summed E-state index contributed by atoms with van der Waals surface area (Å²) in [6, 6.07) is 16.7. The molecule has 7 nitrogen and oxygen atoms in total. The molecule has 1 saturated heterocycles. The quantitative estimate of drug-likeness (QED) is 0.421. The number of nitrogens with zero attached hydrogens (tertiary/aromatic N) is 4. The van der Waals surface area contributed by atoms with Crippen LogP contribution < -0.4 is 5.32 Å². The summed E-state index contributed by atoms with van der Waals surface area (Å²) in [6.07, 6.45) is 5.79. The van der Waals surface area contributed by atoms with Crippen molar-refractivity contribution in [3.63, 3.8) is 0 Å². The van der Waals surface area contributed by atoms with Gasteiger partial charge in [-0.15, -0.1) is 5.10 Å². The Hall–Kier alpha value is -3.21. The van der Waals surface area contributed by atoms with E-state index in [1.54, 1.807) is 19.2 Å². The number of methoxy groups -OCH3 is 1. The predicted molar refractivity (Wildman–Crippen MR) is 133 cm³/mol. The Morgan fingerprint density at radius 3 is 2.56 bits per heavy atom. The third-order valence-electron chi connectivity index (χ3n) is 6.48. The van der Waals surface area contributed by atoms with E-state index in [4.69, 9.17) is 10.00 Å². The van der Waals surface area contributed by atoms with E-state index in [0.717, 1.165) is 74.0 Å². The molecular formula is C27H33N5O2. The van der Waals surface area contributed by atoms with Gasteiger partial charge in [0.05, 0.1) is 18.4 Å². The Labute approximate surface area is 201 Å². The molecule has 0 saturated carbocycles. The minimum Gasteiger partial charge on any atom is -0.508 e. The summed E-state index contributed by atoms with van der Waals surface area (Å²) in [7, 11) is 1.64.